The van der Waals surface area contributed by atoms with Gasteiger partial charge < -0.3 is 5.32 Å². The maximum atomic E-state index is 12.9. The number of anilines is 1. The third-order valence-corrected chi connectivity index (χ3v) is 7.18. The molecule has 2 rings (SSSR count). The molecular formula is C19H23FN2O3S2. The number of sulfonamides is 1. The second kappa shape index (κ2) is 9.34. The van der Waals surface area contributed by atoms with E-state index in [-0.39, 0.29) is 22.4 Å². The van der Waals surface area contributed by atoms with Crippen LogP contribution in [0.5, 0.6) is 0 Å². The monoisotopic (exact) mass is 410 g/mol. The standard InChI is InChI=1S/C19H23FN2O3S2/c1-4-22(5-2)27(24,25)18-12-16(9-6-14(18)3)21-19(23)13-26-17-10-7-15(20)8-11-17/h6-12H,4-5,13H2,1-3H3,(H,21,23). The first-order valence-corrected chi connectivity index (χ1v) is 11.0. The minimum absolute atomic E-state index is 0.137. The number of carbonyl (C=O) groups excluding carboxylic acids is 1. The lowest BCUT2D eigenvalue weighted by Crippen LogP contribution is -2.31. The number of hydrogen-bond donors (Lipinski definition) is 1. The molecule has 0 saturated carbocycles. The van der Waals surface area contributed by atoms with E-state index < -0.39 is 10.0 Å². The minimum Gasteiger partial charge on any atom is -0.325 e. The molecule has 0 aromatic heterocycles. The number of rotatable bonds is 8. The first-order chi connectivity index (χ1) is 12.8. The van der Waals surface area contributed by atoms with Crippen LogP contribution in [-0.4, -0.2) is 37.5 Å². The van der Waals surface area contributed by atoms with E-state index in [1.807, 2.05) is 0 Å². The molecule has 5 nitrogen and oxygen atoms in total. The van der Waals surface area contributed by atoms with Crippen molar-refractivity contribution in [1.82, 2.24) is 4.31 Å². The zero-order chi connectivity index (χ0) is 20.0. The Labute approximate surface area is 164 Å². The van der Waals surface area contributed by atoms with Crippen LogP contribution >= 0.6 is 11.8 Å². The Morgan fingerprint density at radius 2 is 1.74 bits per heavy atom. The summed E-state index contributed by atoms with van der Waals surface area (Å²) in [5, 5.41) is 2.72. The third kappa shape index (κ3) is 5.54. The van der Waals surface area contributed by atoms with Gasteiger partial charge in [0.1, 0.15) is 5.82 Å². The van der Waals surface area contributed by atoms with Gasteiger partial charge in [0.2, 0.25) is 15.9 Å². The van der Waals surface area contributed by atoms with Gasteiger partial charge in [0.25, 0.3) is 0 Å². The number of aryl methyl sites for hydroxylation is 1. The van der Waals surface area contributed by atoms with Gasteiger partial charge in [0, 0.05) is 23.7 Å². The van der Waals surface area contributed by atoms with Crippen molar-refractivity contribution >= 4 is 33.4 Å². The molecule has 0 atom stereocenters. The Morgan fingerprint density at radius 1 is 1.11 bits per heavy atom. The van der Waals surface area contributed by atoms with Crippen LogP contribution in [0.1, 0.15) is 19.4 Å². The lowest BCUT2D eigenvalue weighted by atomic mass is 10.2. The summed E-state index contributed by atoms with van der Waals surface area (Å²) >= 11 is 1.28. The Bertz CT molecular complexity index is 896. The summed E-state index contributed by atoms with van der Waals surface area (Å²) in [5.41, 5.74) is 1.05. The van der Waals surface area contributed by atoms with Crippen LogP contribution in [0.4, 0.5) is 10.1 Å². The average Bonchev–Trinajstić information content (AvgIpc) is 2.63. The zero-order valence-corrected chi connectivity index (χ0v) is 17.2. The van der Waals surface area contributed by atoms with Gasteiger partial charge in [0.15, 0.2) is 0 Å². The van der Waals surface area contributed by atoms with Gasteiger partial charge in [-0.2, -0.15) is 4.31 Å². The molecule has 0 fully saturated rings. The molecule has 27 heavy (non-hydrogen) atoms. The van der Waals surface area contributed by atoms with Crippen LogP contribution in [0.25, 0.3) is 0 Å². The lowest BCUT2D eigenvalue weighted by molar-refractivity contribution is -0.113. The quantitative estimate of drug-likeness (QED) is 0.671. The summed E-state index contributed by atoms with van der Waals surface area (Å²) in [4.78, 5) is 13.1. The maximum Gasteiger partial charge on any atom is 0.243 e. The molecule has 0 heterocycles. The number of halogens is 1. The molecule has 0 unspecified atom stereocenters. The normalized spacial score (nSPS) is 11.6. The predicted molar refractivity (Wildman–Crippen MR) is 107 cm³/mol. The molecule has 1 amide bonds. The molecule has 2 aromatic rings. The minimum atomic E-state index is -3.61. The number of amides is 1. The lowest BCUT2D eigenvalue weighted by Gasteiger charge is -2.20. The Kier molecular flexibility index (Phi) is 7.41. The average molecular weight is 411 g/mol. The molecular weight excluding hydrogens is 387 g/mol. The summed E-state index contributed by atoms with van der Waals surface area (Å²) in [6, 6.07) is 10.7. The fourth-order valence-electron chi connectivity index (χ4n) is 2.54. The fourth-order valence-corrected chi connectivity index (χ4v) is 4.94. The zero-order valence-electron chi connectivity index (χ0n) is 15.5. The fraction of sp³-hybridized carbons (Fsp3) is 0.316. The largest absolute Gasteiger partial charge is 0.325 e. The van der Waals surface area contributed by atoms with E-state index in [1.165, 1.54) is 34.3 Å². The highest BCUT2D eigenvalue weighted by molar-refractivity contribution is 8.00. The highest BCUT2D eigenvalue weighted by atomic mass is 32.2. The van der Waals surface area contributed by atoms with Crippen molar-refractivity contribution in [2.45, 2.75) is 30.6 Å². The van der Waals surface area contributed by atoms with Gasteiger partial charge >= 0.3 is 0 Å². The third-order valence-electron chi connectivity index (χ3n) is 3.98. The summed E-state index contributed by atoms with van der Waals surface area (Å²) < 4.78 is 39.8. The van der Waals surface area contributed by atoms with E-state index >= 15 is 0 Å². The van der Waals surface area contributed by atoms with Gasteiger partial charge in [-0.05, 0) is 48.9 Å². The van der Waals surface area contributed by atoms with Crippen LogP contribution in [-0.2, 0) is 14.8 Å². The number of carbonyl (C=O) groups is 1. The molecule has 0 aliphatic rings. The smallest absolute Gasteiger partial charge is 0.243 e. The molecule has 2 aromatic carbocycles. The second-order valence-corrected chi connectivity index (χ2v) is 8.82. The van der Waals surface area contributed by atoms with E-state index in [9.17, 15) is 17.6 Å². The van der Waals surface area contributed by atoms with Crippen molar-refractivity contribution in [1.29, 1.82) is 0 Å². The summed E-state index contributed by atoms with van der Waals surface area (Å²) in [7, 11) is -3.61. The topological polar surface area (TPSA) is 66.5 Å². The molecule has 0 spiro atoms. The van der Waals surface area contributed by atoms with Crippen molar-refractivity contribution in [3.63, 3.8) is 0 Å². The van der Waals surface area contributed by atoms with Crippen molar-refractivity contribution in [3.8, 4) is 0 Å². The molecule has 0 radical (unpaired) electrons. The van der Waals surface area contributed by atoms with Crippen molar-refractivity contribution < 1.29 is 17.6 Å². The number of nitrogens with one attached hydrogen (secondary N) is 1. The van der Waals surface area contributed by atoms with Crippen LogP contribution in [0.2, 0.25) is 0 Å². The first-order valence-electron chi connectivity index (χ1n) is 8.57. The number of thioether (sulfide) groups is 1. The van der Waals surface area contributed by atoms with Gasteiger partial charge in [-0.1, -0.05) is 19.9 Å². The molecule has 146 valence electrons. The molecule has 0 aliphatic heterocycles. The van der Waals surface area contributed by atoms with E-state index in [0.717, 1.165) is 4.90 Å². The predicted octanol–water partition coefficient (Wildman–Crippen LogP) is 3.90. The first kappa shape index (κ1) is 21.4. The molecule has 0 aliphatic carbocycles. The van der Waals surface area contributed by atoms with Crippen molar-refractivity contribution in [2.75, 3.05) is 24.2 Å². The Morgan fingerprint density at radius 3 is 2.33 bits per heavy atom. The SMILES string of the molecule is CCN(CC)S(=O)(=O)c1cc(NC(=O)CSc2ccc(F)cc2)ccc1C. The van der Waals surface area contributed by atoms with Crippen LogP contribution in [0.15, 0.2) is 52.3 Å². The Hall–Kier alpha value is -1.90. The van der Waals surface area contributed by atoms with Crippen LogP contribution in [0.3, 0.4) is 0 Å². The summed E-state index contributed by atoms with van der Waals surface area (Å²) in [5.74, 6) is -0.456. The second-order valence-electron chi connectivity index (χ2n) is 5.86. The van der Waals surface area contributed by atoms with E-state index in [2.05, 4.69) is 5.32 Å². The maximum absolute atomic E-state index is 12.9. The van der Waals surface area contributed by atoms with E-state index in [1.54, 1.807) is 45.0 Å². The van der Waals surface area contributed by atoms with Crippen molar-refractivity contribution in [2.24, 2.45) is 0 Å². The van der Waals surface area contributed by atoms with Gasteiger partial charge in [0.05, 0.1) is 10.6 Å². The Balaban J connectivity index is 2.11. The summed E-state index contributed by atoms with van der Waals surface area (Å²) in [6.45, 7) is 6.06. The van der Waals surface area contributed by atoms with Gasteiger partial charge in [-0.15, -0.1) is 11.8 Å². The van der Waals surface area contributed by atoms with Gasteiger partial charge in [-0.3, -0.25) is 4.79 Å². The molecule has 1 N–H and O–H groups in total. The van der Waals surface area contributed by atoms with E-state index in [4.69, 9.17) is 0 Å². The molecule has 8 heteroatoms. The number of nitrogens with zero attached hydrogens (tertiary/aromatic N) is 1. The highest BCUT2D eigenvalue weighted by Crippen LogP contribution is 2.24. The number of hydrogen-bond acceptors (Lipinski definition) is 4. The van der Waals surface area contributed by atoms with Crippen molar-refractivity contribution in [3.05, 3.63) is 53.8 Å². The van der Waals surface area contributed by atoms with E-state index in [0.29, 0.717) is 24.3 Å². The van der Waals surface area contributed by atoms with Gasteiger partial charge in [-0.25, -0.2) is 12.8 Å². The molecule has 0 bridgehead atoms. The summed E-state index contributed by atoms with van der Waals surface area (Å²) in [6.07, 6.45) is 0. The molecule has 0 saturated heterocycles. The van der Waals surface area contributed by atoms with Crippen LogP contribution < -0.4 is 5.32 Å². The van der Waals surface area contributed by atoms with Crippen LogP contribution in [0, 0.1) is 12.7 Å². The number of benzene rings is 2. The highest BCUT2D eigenvalue weighted by Gasteiger charge is 2.24.